The zero-order chi connectivity index (χ0) is 21.7. The summed E-state index contributed by atoms with van der Waals surface area (Å²) in [5.41, 5.74) is 3.07. The number of halogens is 2. The predicted molar refractivity (Wildman–Crippen MR) is 112 cm³/mol. The fourth-order valence-corrected chi connectivity index (χ4v) is 4.73. The van der Waals surface area contributed by atoms with Crippen LogP contribution in [0.1, 0.15) is 47.7 Å². The van der Waals surface area contributed by atoms with Gasteiger partial charge >= 0.3 is 0 Å². The Hall–Kier alpha value is -2.84. The lowest BCUT2D eigenvalue weighted by molar-refractivity contribution is -0.135. The van der Waals surface area contributed by atoms with Gasteiger partial charge in [0.25, 0.3) is 6.43 Å². The maximum absolute atomic E-state index is 13.3. The van der Waals surface area contributed by atoms with Crippen LogP contribution in [0.4, 0.5) is 20.3 Å². The molecule has 2 aromatic rings. The van der Waals surface area contributed by atoms with E-state index in [4.69, 9.17) is 0 Å². The molecule has 0 N–H and O–H groups in total. The van der Waals surface area contributed by atoms with Crippen LogP contribution in [-0.2, 0) is 17.9 Å². The average Bonchev–Trinajstić information content (AvgIpc) is 3.33. The van der Waals surface area contributed by atoms with Crippen LogP contribution >= 0.6 is 0 Å². The first kappa shape index (κ1) is 20.1. The van der Waals surface area contributed by atoms with Gasteiger partial charge in [-0.3, -0.25) is 9.78 Å². The lowest BCUT2D eigenvalue weighted by Crippen LogP contribution is -2.39. The van der Waals surface area contributed by atoms with Crippen molar-refractivity contribution in [3.63, 3.8) is 0 Å². The summed E-state index contributed by atoms with van der Waals surface area (Å²) in [7, 11) is 0. The van der Waals surface area contributed by atoms with Crippen LogP contribution in [0.15, 0.2) is 12.1 Å². The van der Waals surface area contributed by atoms with E-state index in [1.807, 2.05) is 22.8 Å². The van der Waals surface area contributed by atoms with Crippen LogP contribution in [0.2, 0.25) is 0 Å². The minimum atomic E-state index is -2.60. The van der Waals surface area contributed by atoms with E-state index in [1.165, 1.54) is 12.5 Å². The molecule has 0 aliphatic carbocycles. The number of hydrogen-bond donors (Lipinski definition) is 0. The van der Waals surface area contributed by atoms with Gasteiger partial charge in [0.05, 0.1) is 24.7 Å². The Morgan fingerprint density at radius 2 is 1.87 bits per heavy atom. The minimum absolute atomic E-state index is 0.104. The normalized spacial score (nSPS) is 20.4. The zero-order valence-corrected chi connectivity index (χ0v) is 17.8. The van der Waals surface area contributed by atoms with Crippen molar-refractivity contribution in [1.82, 2.24) is 19.9 Å². The van der Waals surface area contributed by atoms with Gasteiger partial charge < -0.3 is 14.7 Å². The first-order chi connectivity index (χ1) is 14.9. The molecule has 3 aliphatic heterocycles. The minimum Gasteiger partial charge on any atom is -0.371 e. The number of amides is 1. The summed E-state index contributed by atoms with van der Waals surface area (Å²) in [6.07, 6.45) is -0.729. The maximum Gasteiger partial charge on any atom is 0.280 e. The topological polar surface area (TPSA) is 65.5 Å². The second kappa shape index (κ2) is 7.69. The third-order valence-electron chi connectivity index (χ3n) is 6.42. The predicted octanol–water partition coefficient (Wildman–Crippen LogP) is 3.00. The molecule has 31 heavy (non-hydrogen) atoms. The van der Waals surface area contributed by atoms with E-state index in [1.54, 1.807) is 6.92 Å². The monoisotopic (exact) mass is 428 g/mol. The fraction of sp³-hybridized carbons (Fsp3) is 0.545. The standard InChI is InChI=1S/C22H26F2N6O/c1-13-8-16(9-18(25-13)20(23)24)29-7-4-15(10-29)22(31)30-11-17-19(12-30)26-14(2)27-21(17)28-5-3-6-28/h8-9,15,20H,3-7,10-12H2,1-2H3/t15-/m1/s1. The second-order valence-electron chi connectivity index (χ2n) is 8.68. The van der Waals surface area contributed by atoms with Crippen molar-refractivity contribution in [2.45, 2.75) is 46.2 Å². The summed E-state index contributed by atoms with van der Waals surface area (Å²) in [6, 6.07) is 3.25. The number of hydrogen-bond acceptors (Lipinski definition) is 6. The maximum atomic E-state index is 13.3. The Morgan fingerprint density at radius 3 is 2.58 bits per heavy atom. The molecule has 0 spiro atoms. The molecule has 2 aromatic heterocycles. The largest absolute Gasteiger partial charge is 0.371 e. The highest BCUT2D eigenvalue weighted by Crippen LogP contribution is 2.34. The van der Waals surface area contributed by atoms with Crippen LogP contribution in [-0.4, -0.2) is 51.9 Å². The van der Waals surface area contributed by atoms with Gasteiger partial charge in [-0.2, -0.15) is 0 Å². The molecule has 0 bridgehead atoms. The molecule has 3 aliphatic rings. The number of nitrogens with zero attached hydrogens (tertiary/aromatic N) is 6. The molecule has 2 saturated heterocycles. The molecule has 9 heteroatoms. The van der Waals surface area contributed by atoms with Crippen molar-refractivity contribution in [2.75, 3.05) is 36.0 Å². The number of pyridine rings is 1. The molecule has 0 saturated carbocycles. The van der Waals surface area contributed by atoms with E-state index in [0.717, 1.165) is 36.0 Å². The number of alkyl halides is 2. The number of fused-ring (bicyclic) bond motifs is 1. The van der Waals surface area contributed by atoms with Gasteiger partial charge in [0.15, 0.2) is 0 Å². The average molecular weight is 428 g/mol. The van der Waals surface area contributed by atoms with Gasteiger partial charge in [-0.15, -0.1) is 0 Å². The van der Waals surface area contributed by atoms with Crippen molar-refractivity contribution in [2.24, 2.45) is 5.92 Å². The van der Waals surface area contributed by atoms with Crippen molar-refractivity contribution >= 4 is 17.4 Å². The Morgan fingerprint density at radius 1 is 1.06 bits per heavy atom. The Kier molecular flexibility index (Phi) is 4.98. The van der Waals surface area contributed by atoms with Crippen LogP contribution in [0.25, 0.3) is 0 Å². The molecule has 2 fully saturated rings. The Bertz CT molecular complexity index is 1030. The molecule has 1 atom stereocenters. The van der Waals surface area contributed by atoms with E-state index >= 15 is 0 Å². The molecule has 0 radical (unpaired) electrons. The zero-order valence-electron chi connectivity index (χ0n) is 17.8. The van der Waals surface area contributed by atoms with Gasteiger partial charge in [-0.25, -0.2) is 18.7 Å². The number of carbonyl (C=O) groups is 1. The van der Waals surface area contributed by atoms with Gasteiger partial charge in [0.1, 0.15) is 17.3 Å². The van der Waals surface area contributed by atoms with Crippen molar-refractivity contribution in [3.8, 4) is 0 Å². The molecular formula is C22H26F2N6O. The highest BCUT2D eigenvalue weighted by Gasteiger charge is 2.37. The number of aryl methyl sites for hydroxylation is 2. The summed E-state index contributed by atoms with van der Waals surface area (Å²) in [5.74, 6) is 1.67. The van der Waals surface area contributed by atoms with Crippen molar-refractivity contribution in [3.05, 3.63) is 40.6 Å². The van der Waals surface area contributed by atoms with Gasteiger partial charge in [0, 0.05) is 43.1 Å². The van der Waals surface area contributed by atoms with Crippen LogP contribution < -0.4 is 9.80 Å². The number of rotatable bonds is 4. The summed E-state index contributed by atoms with van der Waals surface area (Å²) < 4.78 is 26.3. The van der Waals surface area contributed by atoms with Gasteiger partial charge in [-0.1, -0.05) is 0 Å². The van der Waals surface area contributed by atoms with E-state index in [2.05, 4.69) is 19.9 Å². The number of aromatic nitrogens is 3. The summed E-state index contributed by atoms with van der Waals surface area (Å²) in [4.78, 5) is 32.6. The van der Waals surface area contributed by atoms with E-state index in [0.29, 0.717) is 44.0 Å². The third-order valence-corrected chi connectivity index (χ3v) is 6.42. The molecular weight excluding hydrogens is 402 g/mol. The summed E-state index contributed by atoms with van der Waals surface area (Å²) >= 11 is 0. The highest BCUT2D eigenvalue weighted by atomic mass is 19.3. The third kappa shape index (κ3) is 3.70. The van der Waals surface area contributed by atoms with Crippen molar-refractivity contribution < 1.29 is 13.6 Å². The van der Waals surface area contributed by atoms with Crippen LogP contribution in [0.3, 0.4) is 0 Å². The quantitative estimate of drug-likeness (QED) is 0.746. The Balaban J connectivity index is 1.30. The van der Waals surface area contributed by atoms with E-state index in [9.17, 15) is 13.6 Å². The highest BCUT2D eigenvalue weighted by molar-refractivity contribution is 5.81. The fourth-order valence-electron chi connectivity index (χ4n) is 4.73. The molecule has 7 nitrogen and oxygen atoms in total. The smallest absolute Gasteiger partial charge is 0.280 e. The molecule has 5 heterocycles. The molecule has 5 rings (SSSR count). The number of carbonyl (C=O) groups excluding carboxylic acids is 1. The molecule has 1 amide bonds. The lowest BCUT2D eigenvalue weighted by Gasteiger charge is -2.33. The summed E-state index contributed by atoms with van der Waals surface area (Å²) in [6.45, 7) is 7.87. The SMILES string of the molecule is Cc1cc(N2CC[C@@H](C(=O)N3Cc4nc(C)nc(N5CCC5)c4C3)C2)cc(C(F)F)n1. The van der Waals surface area contributed by atoms with E-state index < -0.39 is 6.43 Å². The second-order valence-corrected chi connectivity index (χ2v) is 8.68. The number of anilines is 2. The summed E-state index contributed by atoms with van der Waals surface area (Å²) in [5, 5.41) is 0. The molecule has 0 unspecified atom stereocenters. The first-order valence-corrected chi connectivity index (χ1v) is 10.8. The van der Waals surface area contributed by atoms with Gasteiger partial charge in [0.2, 0.25) is 5.91 Å². The van der Waals surface area contributed by atoms with Gasteiger partial charge in [-0.05, 0) is 38.8 Å². The van der Waals surface area contributed by atoms with Crippen LogP contribution in [0.5, 0.6) is 0 Å². The van der Waals surface area contributed by atoms with Crippen molar-refractivity contribution in [1.29, 1.82) is 0 Å². The molecule has 164 valence electrons. The van der Waals surface area contributed by atoms with Crippen LogP contribution in [0, 0.1) is 19.8 Å². The Labute approximate surface area is 180 Å². The first-order valence-electron chi connectivity index (χ1n) is 10.8. The lowest BCUT2D eigenvalue weighted by atomic mass is 10.1. The van der Waals surface area contributed by atoms with E-state index in [-0.39, 0.29) is 17.5 Å². The molecule has 0 aromatic carbocycles.